The number of amides is 1. The highest BCUT2D eigenvalue weighted by Crippen LogP contribution is 2.44. The zero-order valence-electron chi connectivity index (χ0n) is 21.6. The van der Waals surface area contributed by atoms with Crippen molar-refractivity contribution in [3.05, 3.63) is 93.8 Å². The van der Waals surface area contributed by atoms with Gasteiger partial charge in [0.05, 0.1) is 9.72 Å². The molecule has 0 bridgehead atoms. The number of hydrogen-bond acceptors (Lipinski definition) is 5. The van der Waals surface area contributed by atoms with Gasteiger partial charge in [0, 0.05) is 5.92 Å². The molecule has 196 valence electrons. The monoisotopic (exact) mass is 547 g/mol. The van der Waals surface area contributed by atoms with E-state index in [1.807, 2.05) is 41.8 Å². The SMILES string of the molecule is CC(C)(C)OC(=O)[C@H](CCc1cc(Cl)c2sccc2c1)NC(=O)OCC1c2ccccc2-c2ccccc21. The summed E-state index contributed by atoms with van der Waals surface area (Å²) in [6.07, 6.45) is 0.249. The van der Waals surface area contributed by atoms with Gasteiger partial charge in [0.15, 0.2) is 0 Å². The molecule has 7 heteroatoms. The van der Waals surface area contributed by atoms with Crippen LogP contribution in [0.2, 0.25) is 5.02 Å². The third-order valence-corrected chi connectivity index (χ3v) is 7.99. The Bertz CT molecular complexity index is 1440. The summed E-state index contributed by atoms with van der Waals surface area (Å²) in [6, 6.07) is 21.5. The third-order valence-electron chi connectivity index (χ3n) is 6.61. The molecule has 0 saturated carbocycles. The molecule has 1 atom stereocenters. The van der Waals surface area contributed by atoms with Crippen LogP contribution in [0.15, 0.2) is 72.1 Å². The quantitative estimate of drug-likeness (QED) is 0.240. The van der Waals surface area contributed by atoms with Gasteiger partial charge in [-0.2, -0.15) is 0 Å². The van der Waals surface area contributed by atoms with Crippen LogP contribution in [0.3, 0.4) is 0 Å². The van der Waals surface area contributed by atoms with E-state index in [0.717, 1.165) is 37.9 Å². The molecule has 1 heterocycles. The van der Waals surface area contributed by atoms with Crippen LogP contribution in [0.1, 0.15) is 49.8 Å². The minimum Gasteiger partial charge on any atom is -0.458 e. The summed E-state index contributed by atoms with van der Waals surface area (Å²) in [5, 5.41) is 6.52. The molecule has 3 aromatic carbocycles. The highest BCUT2D eigenvalue weighted by atomic mass is 35.5. The minimum atomic E-state index is -0.859. The number of esters is 1. The van der Waals surface area contributed by atoms with Gasteiger partial charge in [0.25, 0.3) is 0 Å². The van der Waals surface area contributed by atoms with Crippen LogP contribution in [-0.4, -0.2) is 30.3 Å². The van der Waals surface area contributed by atoms with Crippen molar-refractivity contribution < 1.29 is 19.1 Å². The smallest absolute Gasteiger partial charge is 0.407 e. The second-order valence-electron chi connectivity index (χ2n) is 10.5. The number of benzene rings is 3. The van der Waals surface area contributed by atoms with Gasteiger partial charge in [-0.1, -0.05) is 66.2 Å². The van der Waals surface area contributed by atoms with Crippen molar-refractivity contribution in [2.75, 3.05) is 6.61 Å². The van der Waals surface area contributed by atoms with Crippen molar-refractivity contribution in [1.29, 1.82) is 0 Å². The summed E-state index contributed by atoms with van der Waals surface area (Å²) in [4.78, 5) is 26.0. The third kappa shape index (κ3) is 5.71. The van der Waals surface area contributed by atoms with Crippen LogP contribution < -0.4 is 5.32 Å². The van der Waals surface area contributed by atoms with E-state index in [1.165, 1.54) is 0 Å². The second kappa shape index (κ2) is 10.8. The van der Waals surface area contributed by atoms with E-state index < -0.39 is 23.7 Å². The van der Waals surface area contributed by atoms with Crippen LogP contribution in [0, 0.1) is 0 Å². The zero-order valence-corrected chi connectivity index (χ0v) is 23.2. The summed E-state index contributed by atoms with van der Waals surface area (Å²) in [5.74, 6) is -0.554. The van der Waals surface area contributed by atoms with Crippen molar-refractivity contribution in [2.24, 2.45) is 0 Å². The van der Waals surface area contributed by atoms with Gasteiger partial charge >= 0.3 is 12.1 Å². The van der Waals surface area contributed by atoms with Gasteiger partial charge in [-0.25, -0.2) is 9.59 Å². The van der Waals surface area contributed by atoms with E-state index in [9.17, 15) is 9.59 Å². The summed E-state index contributed by atoms with van der Waals surface area (Å²) < 4.78 is 12.3. The lowest BCUT2D eigenvalue weighted by Crippen LogP contribution is -2.45. The maximum atomic E-state index is 13.0. The molecule has 1 amide bonds. The van der Waals surface area contributed by atoms with E-state index >= 15 is 0 Å². The molecule has 0 spiro atoms. The Balaban J connectivity index is 1.28. The molecule has 1 N–H and O–H groups in total. The van der Waals surface area contributed by atoms with Crippen molar-refractivity contribution in [2.45, 2.75) is 51.2 Å². The normalized spacial score (nSPS) is 13.6. The molecule has 0 fully saturated rings. The molecule has 0 unspecified atom stereocenters. The number of aryl methyl sites for hydroxylation is 1. The molecule has 0 saturated heterocycles. The van der Waals surface area contributed by atoms with Crippen molar-refractivity contribution in [1.82, 2.24) is 5.32 Å². The Hall–Kier alpha value is -3.35. The number of alkyl carbamates (subject to hydrolysis) is 1. The lowest BCUT2D eigenvalue weighted by molar-refractivity contribution is -0.157. The van der Waals surface area contributed by atoms with Crippen molar-refractivity contribution >= 4 is 45.1 Å². The summed E-state index contributed by atoms with van der Waals surface area (Å²) >= 11 is 8.05. The number of ether oxygens (including phenoxy) is 2. The highest BCUT2D eigenvalue weighted by Gasteiger charge is 2.31. The molecule has 0 aliphatic heterocycles. The predicted octanol–water partition coefficient (Wildman–Crippen LogP) is 7.74. The zero-order chi connectivity index (χ0) is 26.9. The first-order valence-corrected chi connectivity index (χ1v) is 14.0. The van der Waals surface area contributed by atoms with Crippen LogP contribution >= 0.6 is 22.9 Å². The largest absolute Gasteiger partial charge is 0.458 e. The Morgan fingerprint density at radius 2 is 1.66 bits per heavy atom. The van der Waals surface area contributed by atoms with E-state index in [0.29, 0.717) is 17.9 Å². The Morgan fingerprint density at radius 3 is 2.32 bits per heavy atom. The molecule has 5 nitrogen and oxygen atoms in total. The topological polar surface area (TPSA) is 64.6 Å². The van der Waals surface area contributed by atoms with Crippen LogP contribution in [-0.2, 0) is 20.7 Å². The maximum Gasteiger partial charge on any atom is 0.407 e. The molecular weight excluding hydrogens is 518 g/mol. The first-order chi connectivity index (χ1) is 18.2. The van der Waals surface area contributed by atoms with Gasteiger partial charge in [0.1, 0.15) is 18.2 Å². The number of carbonyl (C=O) groups is 2. The maximum absolute atomic E-state index is 13.0. The average Bonchev–Trinajstić information content (AvgIpc) is 3.47. The first-order valence-electron chi connectivity index (χ1n) is 12.7. The number of rotatable bonds is 7. The van der Waals surface area contributed by atoms with Crippen LogP contribution in [0.25, 0.3) is 21.2 Å². The predicted molar refractivity (Wildman–Crippen MR) is 153 cm³/mol. The number of carbonyl (C=O) groups excluding carboxylic acids is 2. The van der Waals surface area contributed by atoms with Gasteiger partial charge in [-0.05, 0) is 84.3 Å². The average molecular weight is 548 g/mol. The van der Waals surface area contributed by atoms with Gasteiger partial charge in [-0.3, -0.25) is 0 Å². The van der Waals surface area contributed by atoms with Gasteiger partial charge < -0.3 is 14.8 Å². The molecule has 1 aliphatic rings. The standard InChI is InChI=1S/C31H30ClNO4S/c1-31(2,3)37-29(34)27(13-12-19-16-20-14-15-38-28(20)26(32)17-19)33-30(35)36-18-25-23-10-6-4-8-21(23)22-9-5-7-11-24(22)25/h4-11,14-17,25,27H,12-13,18H2,1-3H3,(H,33,35)/t27-/m0/s1. The van der Waals surface area contributed by atoms with Crippen molar-refractivity contribution in [3.8, 4) is 11.1 Å². The van der Waals surface area contributed by atoms with Crippen LogP contribution in [0.5, 0.6) is 0 Å². The Kier molecular flexibility index (Phi) is 7.46. The second-order valence-corrected chi connectivity index (χ2v) is 11.8. The van der Waals surface area contributed by atoms with E-state index in [4.69, 9.17) is 21.1 Å². The molecule has 38 heavy (non-hydrogen) atoms. The van der Waals surface area contributed by atoms with Gasteiger partial charge in [0.2, 0.25) is 0 Å². The first kappa shape index (κ1) is 26.3. The summed E-state index contributed by atoms with van der Waals surface area (Å²) in [7, 11) is 0. The molecule has 1 aliphatic carbocycles. The molecule has 5 rings (SSSR count). The van der Waals surface area contributed by atoms with Crippen molar-refractivity contribution in [3.63, 3.8) is 0 Å². The highest BCUT2D eigenvalue weighted by molar-refractivity contribution is 7.17. The van der Waals surface area contributed by atoms with E-state index in [1.54, 1.807) is 32.1 Å². The molecule has 0 radical (unpaired) electrons. The lowest BCUT2D eigenvalue weighted by atomic mass is 9.98. The fraction of sp³-hybridized carbons (Fsp3) is 0.290. The van der Waals surface area contributed by atoms with E-state index in [2.05, 4.69) is 35.6 Å². The number of thiophene rings is 1. The Morgan fingerprint density at radius 1 is 1.00 bits per heavy atom. The molecule has 4 aromatic rings. The number of fused-ring (bicyclic) bond motifs is 4. The summed E-state index contributed by atoms with van der Waals surface area (Å²) in [6.45, 7) is 5.59. The molecular formula is C31H30ClNO4S. The summed E-state index contributed by atoms with van der Waals surface area (Å²) in [5.41, 5.74) is 4.88. The number of hydrogen-bond donors (Lipinski definition) is 1. The van der Waals surface area contributed by atoms with Gasteiger partial charge in [-0.15, -0.1) is 11.3 Å². The number of halogens is 1. The lowest BCUT2D eigenvalue weighted by Gasteiger charge is -2.25. The fourth-order valence-electron chi connectivity index (χ4n) is 4.96. The molecule has 1 aromatic heterocycles. The fourth-order valence-corrected chi connectivity index (χ4v) is 6.12. The Labute approximate surface area is 231 Å². The van der Waals surface area contributed by atoms with E-state index in [-0.39, 0.29) is 12.5 Å². The minimum absolute atomic E-state index is 0.0624. The van der Waals surface area contributed by atoms with Crippen LogP contribution in [0.4, 0.5) is 4.79 Å². The number of nitrogens with one attached hydrogen (secondary N) is 1.